The SMILES string of the molecule is CC1(C)C[C@@H]2C[C@@](C)(CN2CN2C[C@]3(C)C[C@@H]2CC(C)(C)C3)C1. The number of rotatable bonds is 2. The molecule has 2 saturated carbocycles. The molecule has 4 rings (SSSR count). The Hall–Kier alpha value is -0.0800. The third-order valence-corrected chi connectivity index (χ3v) is 7.41. The van der Waals surface area contributed by atoms with Crippen LogP contribution in [0.4, 0.5) is 0 Å². The number of fused-ring (bicyclic) bond motifs is 4. The second kappa shape index (κ2) is 4.75. The van der Waals surface area contributed by atoms with Crippen molar-refractivity contribution in [2.75, 3.05) is 19.8 Å². The molecule has 4 fully saturated rings. The molecule has 0 aromatic rings. The van der Waals surface area contributed by atoms with Gasteiger partial charge in [0, 0.05) is 25.2 Å². The number of hydrogen-bond donors (Lipinski definition) is 0. The molecular formula is C21H38N2. The Morgan fingerprint density at radius 3 is 1.43 bits per heavy atom. The van der Waals surface area contributed by atoms with E-state index in [1.807, 2.05) is 0 Å². The smallest absolute Gasteiger partial charge is 0.0512 e. The third kappa shape index (κ3) is 2.99. The van der Waals surface area contributed by atoms with Crippen LogP contribution in [-0.4, -0.2) is 41.6 Å². The zero-order valence-corrected chi connectivity index (χ0v) is 16.4. The summed E-state index contributed by atoms with van der Waals surface area (Å²) in [4.78, 5) is 5.73. The van der Waals surface area contributed by atoms with Crippen molar-refractivity contribution < 1.29 is 0 Å². The Labute approximate surface area is 144 Å². The van der Waals surface area contributed by atoms with E-state index in [1.54, 1.807) is 0 Å². The van der Waals surface area contributed by atoms with Crippen LogP contribution in [0.5, 0.6) is 0 Å². The molecule has 2 heteroatoms. The van der Waals surface area contributed by atoms with Crippen LogP contribution in [0.15, 0.2) is 0 Å². The number of nitrogens with zero attached hydrogens (tertiary/aromatic N) is 2. The van der Waals surface area contributed by atoms with E-state index in [0.29, 0.717) is 21.7 Å². The van der Waals surface area contributed by atoms with Gasteiger partial charge in [-0.25, -0.2) is 0 Å². The van der Waals surface area contributed by atoms with Crippen molar-refractivity contribution in [3.05, 3.63) is 0 Å². The van der Waals surface area contributed by atoms with Crippen LogP contribution in [0.3, 0.4) is 0 Å². The van der Waals surface area contributed by atoms with Gasteiger partial charge in [-0.3, -0.25) is 9.80 Å². The summed E-state index contributed by atoms with van der Waals surface area (Å²) in [5.41, 5.74) is 2.23. The first kappa shape index (κ1) is 16.4. The largest absolute Gasteiger partial charge is 0.287 e. The normalized spacial score (nSPS) is 48.8. The van der Waals surface area contributed by atoms with Crippen molar-refractivity contribution in [2.24, 2.45) is 21.7 Å². The van der Waals surface area contributed by atoms with Crippen LogP contribution < -0.4 is 0 Å². The Balaban J connectivity index is 1.48. The van der Waals surface area contributed by atoms with E-state index < -0.39 is 0 Å². The maximum absolute atomic E-state index is 2.87. The Morgan fingerprint density at radius 1 is 0.652 bits per heavy atom. The van der Waals surface area contributed by atoms with Gasteiger partial charge < -0.3 is 0 Å². The Bertz CT molecular complexity index is 452. The highest BCUT2D eigenvalue weighted by Gasteiger charge is 2.53. The van der Waals surface area contributed by atoms with Gasteiger partial charge in [0.15, 0.2) is 0 Å². The lowest BCUT2D eigenvalue weighted by Crippen LogP contribution is -2.44. The fraction of sp³-hybridized carbons (Fsp3) is 1.00. The summed E-state index contributed by atoms with van der Waals surface area (Å²) in [5.74, 6) is 0. The van der Waals surface area contributed by atoms with Crippen molar-refractivity contribution in [3.8, 4) is 0 Å². The van der Waals surface area contributed by atoms with Gasteiger partial charge in [-0.05, 0) is 60.2 Å². The molecule has 4 bridgehead atoms. The summed E-state index contributed by atoms with van der Waals surface area (Å²) in [5, 5.41) is 0. The van der Waals surface area contributed by atoms with E-state index in [4.69, 9.17) is 0 Å². The van der Waals surface area contributed by atoms with E-state index in [9.17, 15) is 0 Å². The van der Waals surface area contributed by atoms with E-state index >= 15 is 0 Å². The van der Waals surface area contributed by atoms with Crippen LogP contribution in [-0.2, 0) is 0 Å². The summed E-state index contributed by atoms with van der Waals surface area (Å²) in [7, 11) is 0. The molecule has 2 nitrogen and oxygen atoms in total. The molecule has 132 valence electrons. The minimum Gasteiger partial charge on any atom is -0.287 e. The summed E-state index contributed by atoms with van der Waals surface area (Å²) >= 11 is 0. The van der Waals surface area contributed by atoms with Gasteiger partial charge in [0.2, 0.25) is 0 Å². The Morgan fingerprint density at radius 2 is 1.04 bits per heavy atom. The number of hydrogen-bond acceptors (Lipinski definition) is 2. The molecular weight excluding hydrogens is 280 g/mol. The van der Waals surface area contributed by atoms with Crippen molar-refractivity contribution in [1.29, 1.82) is 0 Å². The molecule has 0 aromatic heterocycles. The second-order valence-electron chi connectivity index (χ2n) is 12.1. The van der Waals surface area contributed by atoms with Crippen molar-refractivity contribution >= 4 is 0 Å². The van der Waals surface area contributed by atoms with Crippen molar-refractivity contribution in [2.45, 2.75) is 92.2 Å². The highest BCUT2D eigenvalue weighted by molar-refractivity contribution is 5.05. The van der Waals surface area contributed by atoms with E-state index in [2.05, 4.69) is 51.3 Å². The topological polar surface area (TPSA) is 6.48 Å². The Kier molecular flexibility index (Phi) is 3.39. The maximum Gasteiger partial charge on any atom is 0.0512 e. The fourth-order valence-corrected chi connectivity index (χ4v) is 7.72. The van der Waals surface area contributed by atoms with Crippen LogP contribution in [0.25, 0.3) is 0 Å². The predicted molar refractivity (Wildman–Crippen MR) is 97.3 cm³/mol. The van der Waals surface area contributed by atoms with Crippen molar-refractivity contribution in [1.82, 2.24) is 9.80 Å². The van der Waals surface area contributed by atoms with Gasteiger partial charge in [-0.1, -0.05) is 41.5 Å². The minimum atomic E-state index is 0.543. The molecule has 0 unspecified atom stereocenters. The molecule has 0 amide bonds. The van der Waals surface area contributed by atoms with E-state index in [0.717, 1.165) is 12.1 Å². The molecule has 4 atom stereocenters. The van der Waals surface area contributed by atoms with Crippen LogP contribution in [0.2, 0.25) is 0 Å². The molecule has 2 heterocycles. The van der Waals surface area contributed by atoms with Gasteiger partial charge >= 0.3 is 0 Å². The molecule has 2 saturated heterocycles. The summed E-state index contributed by atoms with van der Waals surface area (Å²) in [6, 6.07) is 1.68. The third-order valence-electron chi connectivity index (χ3n) is 7.41. The summed E-state index contributed by atoms with van der Waals surface area (Å²) in [6.07, 6.45) is 8.53. The first-order valence-electron chi connectivity index (χ1n) is 9.95. The van der Waals surface area contributed by atoms with Crippen LogP contribution in [0, 0.1) is 21.7 Å². The lowest BCUT2D eigenvalue weighted by Gasteiger charge is -2.40. The van der Waals surface area contributed by atoms with Crippen LogP contribution in [0.1, 0.15) is 80.1 Å². The summed E-state index contributed by atoms with van der Waals surface area (Å²) in [6.45, 7) is 19.0. The second-order valence-corrected chi connectivity index (χ2v) is 12.1. The van der Waals surface area contributed by atoms with Gasteiger partial charge in [-0.2, -0.15) is 0 Å². The van der Waals surface area contributed by atoms with E-state index in [1.165, 1.54) is 58.3 Å². The molecule has 0 radical (unpaired) electrons. The average Bonchev–Trinajstić information content (AvgIpc) is 2.67. The van der Waals surface area contributed by atoms with Gasteiger partial charge in [0.05, 0.1) is 6.67 Å². The lowest BCUT2D eigenvalue weighted by molar-refractivity contribution is 0.0807. The van der Waals surface area contributed by atoms with Gasteiger partial charge in [0.1, 0.15) is 0 Å². The van der Waals surface area contributed by atoms with E-state index in [-0.39, 0.29) is 0 Å². The van der Waals surface area contributed by atoms with Crippen LogP contribution >= 0.6 is 0 Å². The molecule has 23 heavy (non-hydrogen) atoms. The highest BCUT2D eigenvalue weighted by atomic mass is 15.4. The standard InChI is InChI=1S/C21H38N2/c1-18(2)7-16-9-20(5,11-18)13-22(16)15-23-14-21(6)10-17(23)8-19(3,4)12-21/h16-17H,7-15H2,1-6H3/t16-,17+,20-,21-/m1/s1. The van der Waals surface area contributed by atoms with Gasteiger partial charge in [0.25, 0.3) is 0 Å². The molecule has 0 N–H and O–H groups in total. The number of likely N-dealkylation sites (tertiary alicyclic amines) is 2. The quantitative estimate of drug-likeness (QED) is 0.725. The van der Waals surface area contributed by atoms with Gasteiger partial charge in [-0.15, -0.1) is 0 Å². The summed E-state index contributed by atoms with van der Waals surface area (Å²) < 4.78 is 0. The molecule has 4 aliphatic rings. The molecule has 0 aromatic carbocycles. The highest BCUT2D eigenvalue weighted by Crippen LogP contribution is 2.55. The zero-order chi connectivity index (χ0) is 16.7. The fourth-order valence-electron chi connectivity index (χ4n) is 7.72. The predicted octanol–water partition coefficient (Wildman–Crippen LogP) is 4.75. The lowest BCUT2D eigenvalue weighted by atomic mass is 9.65. The molecule has 0 spiro atoms. The maximum atomic E-state index is 2.87. The molecule has 2 aliphatic carbocycles. The minimum absolute atomic E-state index is 0.543. The average molecular weight is 319 g/mol. The monoisotopic (exact) mass is 318 g/mol. The first-order chi connectivity index (χ1) is 10.5. The zero-order valence-electron chi connectivity index (χ0n) is 16.4. The van der Waals surface area contributed by atoms with Crippen molar-refractivity contribution in [3.63, 3.8) is 0 Å². The molecule has 2 aliphatic heterocycles. The first-order valence-corrected chi connectivity index (χ1v) is 9.95.